The fraction of sp³-hybridized carbons (Fsp3) is 0.909. The number of ether oxygens (including phenoxy) is 1. The Morgan fingerprint density at radius 2 is 1.52 bits per heavy atom. The van der Waals surface area contributed by atoms with Gasteiger partial charge in [-0.25, -0.2) is 0 Å². The number of unbranched alkanes of at least 4 members (excludes halogenated alkanes) is 3. The smallest absolute Gasteiger partial charge is 0.0575 e. The fourth-order valence-electron chi connectivity index (χ4n) is 4.81. The Kier molecular flexibility index (Phi) is 9.34. The average Bonchev–Trinajstić information content (AvgIpc) is 2.61. The summed E-state index contributed by atoms with van der Waals surface area (Å²) in [7, 11) is 0. The molecule has 0 aliphatic heterocycles. The number of allylic oxidation sites excluding steroid dienone is 1. The highest BCUT2D eigenvalue weighted by Crippen LogP contribution is 2.41. The van der Waals surface area contributed by atoms with Gasteiger partial charge in [-0.1, -0.05) is 45.1 Å². The summed E-state index contributed by atoms with van der Waals surface area (Å²) >= 11 is 0. The van der Waals surface area contributed by atoms with E-state index in [9.17, 15) is 0 Å². The predicted octanol–water partition coefficient (Wildman–Crippen LogP) is 6.91. The SMILES string of the molecule is C=CCC[C@H]1CC[C@H](C2CCC(OCCCCCC)CC2)CC1. The van der Waals surface area contributed by atoms with E-state index in [2.05, 4.69) is 19.6 Å². The Bertz CT molecular complexity index is 295. The molecule has 2 fully saturated rings. The van der Waals surface area contributed by atoms with Crippen molar-refractivity contribution < 1.29 is 4.74 Å². The monoisotopic (exact) mass is 320 g/mol. The molecule has 0 bridgehead atoms. The second-order valence-electron chi connectivity index (χ2n) is 8.12. The van der Waals surface area contributed by atoms with E-state index >= 15 is 0 Å². The van der Waals surface area contributed by atoms with Gasteiger partial charge in [-0.3, -0.25) is 0 Å². The maximum atomic E-state index is 6.12. The first-order valence-electron chi connectivity index (χ1n) is 10.6. The quantitative estimate of drug-likeness (QED) is 0.314. The van der Waals surface area contributed by atoms with Gasteiger partial charge in [-0.15, -0.1) is 6.58 Å². The van der Waals surface area contributed by atoms with Gasteiger partial charge in [-0.05, 0) is 75.5 Å². The van der Waals surface area contributed by atoms with Gasteiger partial charge >= 0.3 is 0 Å². The van der Waals surface area contributed by atoms with Crippen LogP contribution in [0.15, 0.2) is 12.7 Å². The van der Waals surface area contributed by atoms with Crippen molar-refractivity contribution in [2.75, 3.05) is 6.61 Å². The fourth-order valence-corrected chi connectivity index (χ4v) is 4.81. The van der Waals surface area contributed by atoms with Crippen molar-refractivity contribution in [3.05, 3.63) is 12.7 Å². The van der Waals surface area contributed by atoms with Gasteiger partial charge in [0.25, 0.3) is 0 Å². The van der Waals surface area contributed by atoms with Crippen molar-refractivity contribution in [2.45, 2.75) is 103 Å². The highest BCUT2D eigenvalue weighted by molar-refractivity contribution is 4.83. The van der Waals surface area contributed by atoms with E-state index in [1.807, 2.05) is 0 Å². The Hall–Kier alpha value is -0.300. The number of hydrogen-bond donors (Lipinski definition) is 0. The molecule has 0 aromatic heterocycles. The average molecular weight is 321 g/mol. The molecule has 0 atom stereocenters. The van der Waals surface area contributed by atoms with Crippen LogP contribution in [0.2, 0.25) is 0 Å². The lowest BCUT2D eigenvalue weighted by Crippen LogP contribution is -2.28. The molecular weight excluding hydrogens is 280 g/mol. The van der Waals surface area contributed by atoms with Crippen LogP contribution in [0.1, 0.15) is 96.8 Å². The molecule has 0 unspecified atom stereocenters. The van der Waals surface area contributed by atoms with Crippen molar-refractivity contribution in [1.29, 1.82) is 0 Å². The zero-order valence-corrected chi connectivity index (χ0v) is 15.6. The highest BCUT2D eigenvalue weighted by atomic mass is 16.5. The van der Waals surface area contributed by atoms with E-state index in [0.29, 0.717) is 6.10 Å². The van der Waals surface area contributed by atoms with Gasteiger partial charge in [-0.2, -0.15) is 0 Å². The minimum absolute atomic E-state index is 0.580. The van der Waals surface area contributed by atoms with E-state index in [1.165, 1.54) is 89.9 Å². The van der Waals surface area contributed by atoms with Gasteiger partial charge in [0.15, 0.2) is 0 Å². The predicted molar refractivity (Wildman–Crippen MR) is 101 cm³/mol. The van der Waals surface area contributed by atoms with E-state index in [4.69, 9.17) is 4.74 Å². The van der Waals surface area contributed by atoms with Crippen LogP contribution in [-0.2, 0) is 4.74 Å². The van der Waals surface area contributed by atoms with Crippen molar-refractivity contribution in [3.8, 4) is 0 Å². The molecule has 0 radical (unpaired) electrons. The van der Waals surface area contributed by atoms with Crippen LogP contribution in [0.3, 0.4) is 0 Å². The second kappa shape index (κ2) is 11.3. The molecule has 1 nitrogen and oxygen atoms in total. The first-order valence-corrected chi connectivity index (χ1v) is 10.6. The van der Waals surface area contributed by atoms with Crippen LogP contribution in [0, 0.1) is 17.8 Å². The van der Waals surface area contributed by atoms with Gasteiger partial charge in [0.1, 0.15) is 0 Å². The summed E-state index contributed by atoms with van der Waals surface area (Å²) in [5.41, 5.74) is 0. The van der Waals surface area contributed by atoms with Crippen LogP contribution in [0.4, 0.5) is 0 Å². The van der Waals surface area contributed by atoms with Gasteiger partial charge < -0.3 is 4.74 Å². The zero-order valence-electron chi connectivity index (χ0n) is 15.6. The normalized spacial score (nSPS) is 31.9. The summed E-state index contributed by atoms with van der Waals surface area (Å²) in [4.78, 5) is 0. The van der Waals surface area contributed by atoms with Gasteiger partial charge in [0.05, 0.1) is 6.10 Å². The largest absolute Gasteiger partial charge is 0.378 e. The molecule has 2 saturated carbocycles. The molecule has 23 heavy (non-hydrogen) atoms. The van der Waals surface area contributed by atoms with Crippen LogP contribution < -0.4 is 0 Å². The molecule has 2 aliphatic rings. The molecule has 2 aliphatic carbocycles. The van der Waals surface area contributed by atoms with Gasteiger partial charge in [0.2, 0.25) is 0 Å². The van der Waals surface area contributed by atoms with E-state index < -0.39 is 0 Å². The number of rotatable bonds is 10. The maximum Gasteiger partial charge on any atom is 0.0575 e. The maximum absolute atomic E-state index is 6.12. The molecular formula is C22H40O. The summed E-state index contributed by atoms with van der Waals surface area (Å²) < 4.78 is 6.12. The van der Waals surface area contributed by atoms with E-state index in [1.54, 1.807) is 0 Å². The van der Waals surface area contributed by atoms with Crippen molar-refractivity contribution in [1.82, 2.24) is 0 Å². The molecule has 0 heterocycles. The third-order valence-electron chi connectivity index (χ3n) is 6.41. The minimum atomic E-state index is 0.580. The molecule has 2 rings (SSSR count). The summed E-state index contributed by atoms with van der Waals surface area (Å²) in [5, 5.41) is 0. The molecule has 0 saturated heterocycles. The van der Waals surface area contributed by atoms with Crippen LogP contribution in [0.25, 0.3) is 0 Å². The lowest BCUT2D eigenvalue weighted by Gasteiger charge is -2.37. The molecule has 0 spiro atoms. The summed E-state index contributed by atoms with van der Waals surface area (Å²) in [6.45, 7) is 7.14. The third kappa shape index (κ3) is 6.99. The van der Waals surface area contributed by atoms with Crippen LogP contribution in [0.5, 0.6) is 0 Å². The first kappa shape index (κ1) is 19.0. The summed E-state index contributed by atoms with van der Waals surface area (Å²) in [5.74, 6) is 3.03. The molecule has 0 N–H and O–H groups in total. The second-order valence-corrected chi connectivity index (χ2v) is 8.12. The van der Waals surface area contributed by atoms with Crippen molar-refractivity contribution >= 4 is 0 Å². The highest BCUT2D eigenvalue weighted by Gasteiger charge is 2.30. The van der Waals surface area contributed by atoms with Crippen molar-refractivity contribution in [3.63, 3.8) is 0 Å². The van der Waals surface area contributed by atoms with E-state index in [0.717, 1.165) is 24.4 Å². The van der Waals surface area contributed by atoms with Gasteiger partial charge in [0, 0.05) is 6.61 Å². The molecule has 134 valence electrons. The molecule has 0 aromatic rings. The topological polar surface area (TPSA) is 9.23 Å². The van der Waals surface area contributed by atoms with Crippen LogP contribution >= 0.6 is 0 Å². The Labute approximate surface area is 145 Å². The Morgan fingerprint density at radius 3 is 2.13 bits per heavy atom. The number of hydrogen-bond acceptors (Lipinski definition) is 1. The first-order chi connectivity index (χ1) is 11.3. The van der Waals surface area contributed by atoms with E-state index in [-0.39, 0.29) is 0 Å². The third-order valence-corrected chi connectivity index (χ3v) is 6.41. The lowest BCUT2D eigenvalue weighted by atomic mass is 9.70. The molecule has 1 heteroatoms. The Balaban J connectivity index is 1.55. The Morgan fingerprint density at radius 1 is 0.870 bits per heavy atom. The molecule has 0 aromatic carbocycles. The summed E-state index contributed by atoms with van der Waals surface area (Å²) in [6.07, 6.45) is 22.0. The zero-order chi connectivity index (χ0) is 16.3. The van der Waals surface area contributed by atoms with Crippen LogP contribution in [-0.4, -0.2) is 12.7 Å². The summed E-state index contributed by atoms with van der Waals surface area (Å²) in [6, 6.07) is 0. The molecule has 0 amide bonds. The lowest BCUT2D eigenvalue weighted by molar-refractivity contribution is 0.00534. The minimum Gasteiger partial charge on any atom is -0.378 e. The van der Waals surface area contributed by atoms with Crippen molar-refractivity contribution in [2.24, 2.45) is 17.8 Å². The standard InChI is InChI=1S/C22H40O/c1-3-5-7-8-18-23-22-16-14-21(15-17-22)20-12-10-19(11-13-20)9-6-4-2/h4,19-22H,2-3,5-18H2,1H3/t19-,20-,21?,22?.